The molecule has 5 heteroatoms. The van der Waals surface area contributed by atoms with Crippen molar-refractivity contribution >= 4 is 22.4 Å². The number of carbonyl (C=O) groups excluding carboxylic acids is 1. The zero-order valence-electron chi connectivity index (χ0n) is 8.08. The van der Waals surface area contributed by atoms with Gasteiger partial charge in [-0.25, -0.2) is 0 Å². The molecule has 0 saturated heterocycles. The molecule has 0 spiro atoms. The molecular formula is C8H16O4Si. The van der Waals surface area contributed by atoms with Crippen molar-refractivity contribution in [3.8, 4) is 0 Å². The Bertz CT molecular complexity index is 181. The first-order valence-corrected chi connectivity index (χ1v) is 5.23. The first kappa shape index (κ1) is 12.2. The molecule has 13 heavy (non-hydrogen) atoms. The van der Waals surface area contributed by atoms with Gasteiger partial charge in [0.1, 0.15) is 0 Å². The minimum atomic E-state index is -0.811. The topological polar surface area (TPSA) is 63.6 Å². The maximum atomic E-state index is 11.1. The van der Waals surface area contributed by atoms with Gasteiger partial charge >= 0.3 is 5.97 Å². The van der Waals surface area contributed by atoms with Gasteiger partial charge in [-0.2, -0.15) is 0 Å². The van der Waals surface area contributed by atoms with E-state index in [0.717, 1.165) is 6.42 Å². The molecule has 0 saturated carbocycles. The van der Waals surface area contributed by atoms with Gasteiger partial charge in [0.2, 0.25) is 10.5 Å². The van der Waals surface area contributed by atoms with Gasteiger partial charge in [0, 0.05) is 6.42 Å². The SMILES string of the molecule is CCC(CCCC(=O)O)C(=O)O[SiH3]. The highest BCUT2D eigenvalue weighted by Gasteiger charge is 2.15. The van der Waals surface area contributed by atoms with Crippen LogP contribution in [0.1, 0.15) is 32.6 Å². The quantitative estimate of drug-likeness (QED) is 0.623. The van der Waals surface area contributed by atoms with Crippen molar-refractivity contribution in [2.75, 3.05) is 0 Å². The summed E-state index contributed by atoms with van der Waals surface area (Å²) in [7, 11) is 0.415. The molecule has 0 radical (unpaired) electrons. The summed E-state index contributed by atoms with van der Waals surface area (Å²) >= 11 is 0. The van der Waals surface area contributed by atoms with Crippen molar-refractivity contribution < 1.29 is 19.1 Å². The Kier molecular flexibility index (Phi) is 6.22. The van der Waals surface area contributed by atoms with Crippen LogP contribution in [-0.2, 0) is 14.0 Å². The molecular weight excluding hydrogens is 188 g/mol. The highest BCUT2D eigenvalue weighted by atomic mass is 28.2. The van der Waals surface area contributed by atoms with E-state index in [1.807, 2.05) is 6.92 Å². The zero-order valence-corrected chi connectivity index (χ0v) is 10.1. The fourth-order valence-corrected chi connectivity index (χ4v) is 1.49. The third-order valence-corrected chi connectivity index (χ3v) is 2.37. The van der Waals surface area contributed by atoms with Crippen molar-refractivity contribution in [1.29, 1.82) is 0 Å². The minimum Gasteiger partial charge on any atom is -0.529 e. The Hall–Kier alpha value is -0.843. The molecule has 0 aromatic rings. The summed E-state index contributed by atoms with van der Waals surface area (Å²) in [4.78, 5) is 21.3. The normalized spacial score (nSPS) is 12.4. The molecule has 1 N–H and O–H groups in total. The largest absolute Gasteiger partial charge is 0.529 e. The lowest BCUT2D eigenvalue weighted by molar-refractivity contribution is -0.140. The molecule has 1 atom stereocenters. The first-order valence-electron chi connectivity index (χ1n) is 4.41. The predicted octanol–water partition coefficient (Wildman–Crippen LogP) is 0.0911. The Morgan fingerprint density at radius 1 is 1.54 bits per heavy atom. The van der Waals surface area contributed by atoms with Crippen molar-refractivity contribution in [2.24, 2.45) is 5.92 Å². The average molecular weight is 204 g/mol. The third kappa shape index (κ3) is 5.40. The van der Waals surface area contributed by atoms with E-state index < -0.39 is 5.97 Å². The van der Waals surface area contributed by atoms with Gasteiger partial charge in [0.05, 0.1) is 5.92 Å². The molecule has 1 unspecified atom stereocenters. The molecule has 0 aliphatic rings. The van der Waals surface area contributed by atoms with Gasteiger partial charge in [-0.1, -0.05) is 6.92 Å². The Morgan fingerprint density at radius 2 is 2.15 bits per heavy atom. The monoisotopic (exact) mass is 204 g/mol. The number of aliphatic carboxylic acids is 1. The maximum absolute atomic E-state index is 11.1. The fraction of sp³-hybridized carbons (Fsp3) is 0.750. The number of hydrogen-bond acceptors (Lipinski definition) is 3. The van der Waals surface area contributed by atoms with Crippen molar-refractivity contribution in [3.05, 3.63) is 0 Å². The molecule has 0 fully saturated rings. The molecule has 0 aromatic heterocycles. The lowest BCUT2D eigenvalue weighted by Crippen LogP contribution is -2.16. The number of rotatable bonds is 6. The van der Waals surface area contributed by atoms with Gasteiger partial charge in [0.25, 0.3) is 5.97 Å². The number of carbonyl (C=O) groups is 2. The maximum Gasteiger partial charge on any atom is 0.303 e. The zero-order chi connectivity index (χ0) is 10.3. The van der Waals surface area contributed by atoms with E-state index in [9.17, 15) is 9.59 Å². The van der Waals surface area contributed by atoms with Crippen LogP contribution in [0.4, 0.5) is 0 Å². The molecule has 0 aliphatic heterocycles. The Morgan fingerprint density at radius 3 is 2.54 bits per heavy atom. The van der Waals surface area contributed by atoms with Crippen LogP contribution >= 0.6 is 0 Å². The van der Waals surface area contributed by atoms with E-state index in [-0.39, 0.29) is 18.3 Å². The van der Waals surface area contributed by atoms with Crippen LogP contribution in [0.3, 0.4) is 0 Å². The molecule has 0 aliphatic carbocycles. The van der Waals surface area contributed by atoms with E-state index in [0.29, 0.717) is 23.3 Å². The molecule has 0 bridgehead atoms. The van der Waals surface area contributed by atoms with Crippen molar-refractivity contribution in [3.63, 3.8) is 0 Å². The van der Waals surface area contributed by atoms with Gasteiger partial charge in [0.15, 0.2) is 0 Å². The highest BCUT2D eigenvalue weighted by Crippen LogP contribution is 2.13. The highest BCUT2D eigenvalue weighted by molar-refractivity contribution is 6.05. The summed E-state index contributed by atoms with van der Waals surface area (Å²) in [5.41, 5.74) is 0. The van der Waals surface area contributed by atoms with Crippen LogP contribution in [0.5, 0.6) is 0 Å². The summed E-state index contributed by atoms with van der Waals surface area (Å²) in [5, 5.41) is 8.39. The van der Waals surface area contributed by atoms with Gasteiger partial charge < -0.3 is 9.53 Å². The lowest BCUT2D eigenvalue weighted by atomic mass is 10.00. The minimum absolute atomic E-state index is 0.114. The smallest absolute Gasteiger partial charge is 0.303 e. The molecule has 0 heterocycles. The fourth-order valence-electron chi connectivity index (χ4n) is 1.15. The summed E-state index contributed by atoms with van der Waals surface area (Å²) in [6, 6.07) is 0. The second kappa shape index (κ2) is 6.65. The molecule has 76 valence electrons. The molecule has 0 rings (SSSR count). The second-order valence-corrected chi connectivity index (χ2v) is 3.32. The van der Waals surface area contributed by atoms with Crippen LogP contribution in [0, 0.1) is 5.92 Å². The van der Waals surface area contributed by atoms with Gasteiger partial charge in [-0.3, -0.25) is 9.59 Å². The predicted molar refractivity (Wildman–Crippen MR) is 51.3 cm³/mol. The number of hydrogen-bond donors (Lipinski definition) is 1. The summed E-state index contributed by atoms with van der Waals surface area (Å²) in [6.07, 6.45) is 2.01. The van der Waals surface area contributed by atoms with Gasteiger partial charge in [-0.05, 0) is 19.3 Å². The Balaban J connectivity index is 3.72. The summed E-state index contributed by atoms with van der Waals surface area (Å²) in [6.45, 7) is 1.91. The first-order chi connectivity index (χ1) is 6.11. The van der Waals surface area contributed by atoms with Crippen molar-refractivity contribution in [1.82, 2.24) is 0 Å². The molecule has 0 amide bonds. The van der Waals surface area contributed by atoms with E-state index in [4.69, 9.17) is 9.53 Å². The van der Waals surface area contributed by atoms with Crippen LogP contribution in [-0.4, -0.2) is 27.5 Å². The second-order valence-electron chi connectivity index (χ2n) is 2.91. The average Bonchev–Trinajstić information content (AvgIpc) is 2.11. The Labute approximate surface area is 80.8 Å². The van der Waals surface area contributed by atoms with Crippen molar-refractivity contribution in [2.45, 2.75) is 32.6 Å². The van der Waals surface area contributed by atoms with E-state index in [2.05, 4.69) is 0 Å². The number of carboxylic acids is 1. The van der Waals surface area contributed by atoms with E-state index in [1.165, 1.54) is 0 Å². The van der Waals surface area contributed by atoms with Crippen LogP contribution < -0.4 is 0 Å². The van der Waals surface area contributed by atoms with Crippen LogP contribution in [0.15, 0.2) is 0 Å². The lowest BCUT2D eigenvalue weighted by Gasteiger charge is -2.11. The van der Waals surface area contributed by atoms with Crippen LogP contribution in [0.2, 0.25) is 0 Å². The third-order valence-electron chi connectivity index (χ3n) is 1.97. The summed E-state index contributed by atoms with van der Waals surface area (Å²) < 4.78 is 4.71. The standard InChI is InChI=1S/C8H16O4Si/c1-2-6(8(11)12-13)4-3-5-7(9)10/h6H,2-5H2,1,13H3,(H,9,10). The van der Waals surface area contributed by atoms with Crippen LogP contribution in [0.25, 0.3) is 0 Å². The van der Waals surface area contributed by atoms with Gasteiger partial charge in [-0.15, -0.1) is 0 Å². The summed E-state index contributed by atoms with van der Waals surface area (Å²) in [5.74, 6) is -1.11. The molecule has 0 aromatic carbocycles. The van der Waals surface area contributed by atoms with E-state index >= 15 is 0 Å². The van der Waals surface area contributed by atoms with E-state index in [1.54, 1.807) is 0 Å². The molecule has 4 nitrogen and oxygen atoms in total. The number of carboxylic acid groups (broad SMARTS) is 1.